The normalized spacial score (nSPS) is 10.6. The fraction of sp³-hybridized carbons (Fsp3) is 0.381. The number of hydrogen-bond donors (Lipinski definition) is 2. The summed E-state index contributed by atoms with van der Waals surface area (Å²) in [6, 6.07) is 13.9. The van der Waals surface area contributed by atoms with Crippen LogP contribution in [0, 0.1) is 0 Å². The first-order chi connectivity index (χ1) is 13.2. The molecule has 2 aromatic rings. The second kappa shape index (κ2) is 13.1. The Bertz CT molecular complexity index is 736. The Kier molecular flexibility index (Phi) is 11.2. The second-order valence-electron chi connectivity index (χ2n) is 5.91. The van der Waals surface area contributed by atoms with E-state index in [9.17, 15) is 0 Å². The Morgan fingerprint density at radius 2 is 1.54 bits per heavy atom. The van der Waals surface area contributed by atoms with Crippen LogP contribution < -0.4 is 24.8 Å². The maximum Gasteiger partial charge on any atom is 0.191 e. The highest BCUT2D eigenvalue weighted by atomic mass is 127. The summed E-state index contributed by atoms with van der Waals surface area (Å²) in [6.07, 6.45) is 0.854. The zero-order valence-corrected chi connectivity index (χ0v) is 19.3. The van der Waals surface area contributed by atoms with Crippen LogP contribution >= 0.6 is 24.0 Å². The highest BCUT2D eigenvalue weighted by Gasteiger charge is 2.05. The van der Waals surface area contributed by atoms with Gasteiger partial charge in [-0.1, -0.05) is 18.2 Å². The smallest absolute Gasteiger partial charge is 0.191 e. The lowest BCUT2D eigenvalue weighted by Gasteiger charge is -2.13. The van der Waals surface area contributed by atoms with Crippen LogP contribution in [-0.2, 0) is 13.0 Å². The largest absolute Gasteiger partial charge is 0.497 e. The molecule has 28 heavy (non-hydrogen) atoms. The lowest BCUT2D eigenvalue weighted by molar-refractivity contribution is 0.354. The fourth-order valence-electron chi connectivity index (χ4n) is 2.60. The third-order valence-corrected chi connectivity index (χ3v) is 4.08. The fourth-order valence-corrected chi connectivity index (χ4v) is 2.60. The third kappa shape index (κ3) is 7.46. The van der Waals surface area contributed by atoms with E-state index in [1.807, 2.05) is 42.5 Å². The predicted octanol–water partition coefficient (Wildman–Crippen LogP) is 3.63. The molecule has 7 heteroatoms. The minimum Gasteiger partial charge on any atom is -0.497 e. The summed E-state index contributed by atoms with van der Waals surface area (Å²) in [4.78, 5) is 4.64. The number of ether oxygens (including phenoxy) is 3. The molecule has 154 valence electrons. The Balaban J connectivity index is 0.00000392. The molecule has 0 atom stereocenters. The van der Waals surface area contributed by atoms with Crippen molar-refractivity contribution in [3.63, 3.8) is 0 Å². The van der Waals surface area contributed by atoms with Gasteiger partial charge in [0.25, 0.3) is 0 Å². The average Bonchev–Trinajstić information content (AvgIpc) is 2.72. The van der Waals surface area contributed by atoms with E-state index < -0.39 is 0 Å². The summed E-state index contributed by atoms with van der Waals surface area (Å²) in [7, 11) is 4.95. The lowest BCUT2D eigenvalue weighted by Crippen LogP contribution is -2.38. The number of guanidine groups is 1. The summed E-state index contributed by atoms with van der Waals surface area (Å²) in [5.74, 6) is 3.13. The molecule has 0 spiro atoms. The minimum atomic E-state index is 0. The standard InChI is InChI=1S/C21H29N3O3.HI/c1-5-22-21(24-15-17-6-9-18(25-2)10-7-17)23-13-12-16-8-11-19(26-3)20(14-16)27-4;/h6-11,14H,5,12-13,15H2,1-4H3,(H2,22,23,24);1H. The number of aliphatic imine (C=N–C) groups is 1. The molecule has 2 rings (SSSR count). The first-order valence-corrected chi connectivity index (χ1v) is 9.06. The van der Waals surface area contributed by atoms with Crippen molar-refractivity contribution >= 4 is 29.9 Å². The molecule has 2 N–H and O–H groups in total. The van der Waals surface area contributed by atoms with Crippen LogP contribution in [-0.4, -0.2) is 40.4 Å². The van der Waals surface area contributed by atoms with Crippen molar-refractivity contribution in [3.05, 3.63) is 53.6 Å². The number of rotatable bonds is 9. The van der Waals surface area contributed by atoms with Crippen molar-refractivity contribution in [2.24, 2.45) is 4.99 Å². The molecular weight excluding hydrogens is 469 g/mol. The molecule has 0 aliphatic heterocycles. The number of nitrogens with zero attached hydrogens (tertiary/aromatic N) is 1. The second-order valence-corrected chi connectivity index (χ2v) is 5.91. The van der Waals surface area contributed by atoms with Crippen LogP contribution in [0.1, 0.15) is 18.1 Å². The average molecular weight is 499 g/mol. The molecule has 0 aliphatic rings. The predicted molar refractivity (Wildman–Crippen MR) is 124 cm³/mol. The Labute approximate surface area is 184 Å². The maximum atomic E-state index is 5.36. The summed E-state index contributed by atoms with van der Waals surface area (Å²) in [5, 5.41) is 6.64. The lowest BCUT2D eigenvalue weighted by atomic mass is 10.1. The van der Waals surface area contributed by atoms with Crippen LogP contribution in [0.5, 0.6) is 17.2 Å². The van der Waals surface area contributed by atoms with Gasteiger partial charge in [-0.25, -0.2) is 4.99 Å². The first kappa shape index (κ1) is 23.9. The number of methoxy groups -OCH3 is 3. The van der Waals surface area contributed by atoms with Gasteiger partial charge in [0.05, 0.1) is 27.9 Å². The molecule has 0 bridgehead atoms. The van der Waals surface area contributed by atoms with E-state index in [0.29, 0.717) is 6.54 Å². The van der Waals surface area contributed by atoms with Gasteiger partial charge in [-0.2, -0.15) is 0 Å². The van der Waals surface area contributed by atoms with E-state index in [2.05, 4.69) is 22.5 Å². The molecule has 0 unspecified atom stereocenters. The van der Waals surface area contributed by atoms with Gasteiger partial charge in [0, 0.05) is 13.1 Å². The molecule has 6 nitrogen and oxygen atoms in total. The number of nitrogens with one attached hydrogen (secondary N) is 2. The van der Waals surface area contributed by atoms with E-state index in [1.54, 1.807) is 21.3 Å². The van der Waals surface area contributed by atoms with Gasteiger partial charge < -0.3 is 24.8 Å². The van der Waals surface area contributed by atoms with Crippen molar-refractivity contribution in [2.45, 2.75) is 19.9 Å². The van der Waals surface area contributed by atoms with Crippen molar-refractivity contribution in [1.29, 1.82) is 0 Å². The molecule has 0 radical (unpaired) electrons. The van der Waals surface area contributed by atoms with E-state index in [-0.39, 0.29) is 24.0 Å². The molecule has 2 aromatic carbocycles. The topological polar surface area (TPSA) is 64.1 Å². The number of halogens is 1. The van der Waals surface area contributed by atoms with Crippen LogP contribution in [0.4, 0.5) is 0 Å². The van der Waals surface area contributed by atoms with E-state index in [1.165, 1.54) is 5.56 Å². The SMILES string of the molecule is CCNC(=NCc1ccc(OC)cc1)NCCc1ccc(OC)c(OC)c1.I. The van der Waals surface area contributed by atoms with Gasteiger partial charge in [-0.15, -0.1) is 24.0 Å². The van der Waals surface area contributed by atoms with E-state index >= 15 is 0 Å². The van der Waals surface area contributed by atoms with Gasteiger partial charge in [-0.05, 0) is 48.7 Å². The van der Waals surface area contributed by atoms with Crippen molar-refractivity contribution in [2.75, 3.05) is 34.4 Å². The quantitative estimate of drug-likeness (QED) is 0.314. The van der Waals surface area contributed by atoms with Gasteiger partial charge in [0.2, 0.25) is 0 Å². The monoisotopic (exact) mass is 499 g/mol. The van der Waals surface area contributed by atoms with Gasteiger partial charge in [0.1, 0.15) is 5.75 Å². The molecule has 0 amide bonds. The summed E-state index contributed by atoms with van der Waals surface area (Å²) in [6.45, 7) is 4.24. The van der Waals surface area contributed by atoms with Crippen LogP contribution in [0.25, 0.3) is 0 Å². The van der Waals surface area contributed by atoms with Gasteiger partial charge in [-0.3, -0.25) is 0 Å². The Morgan fingerprint density at radius 1 is 0.857 bits per heavy atom. The molecule has 0 saturated carbocycles. The highest BCUT2D eigenvalue weighted by molar-refractivity contribution is 14.0. The number of hydrogen-bond acceptors (Lipinski definition) is 4. The molecule has 0 aliphatic carbocycles. The van der Waals surface area contributed by atoms with Crippen molar-refractivity contribution in [1.82, 2.24) is 10.6 Å². The van der Waals surface area contributed by atoms with Crippen LogP contribution in [0.15, 0.2) is 47.5 Å². The summed E-state index contributed by atoms with van der Waals surface area (Å²) >= 11 is 0. The van der Waals surface area contributed by atoms with Crippen LogP contribution in [0.2, 0.25) is 0 Å². The van der Waals surface area contributed by atoms with Crippen LogP contribution in [0.3, 0.4) is 0 Å². The van der Waals surface area contributed by atoms with Gasteiger partial charge >= 0.3 is 0 Å². The molecule has 0 saturated heterocycles. The zero-order valence-electron chi connectivity index (χ0n) is 17.0. The zero-order chi connectivity index (χ0) is 19.5. The molecule has 0 fully saturated rings. The summed E-state index contributed by atoms with van der Waals surface area (Å²) in [5.41, 5.74) is 2.30. The number of benzene rings is 2. The highest BCUT2D eigenvalue weighted by Crippen LogP contribution is 2.27. The Morgan fingerprint density at radius 3 is 2.14 bits per heavy atom. The minimum absolute atomic E-state index is 0. The molecule has 0 aromatic heterocycles. The van der Waals surface area contributed by atoms with Crippen molar-refractivity contribution in [3.8, 4) is 17.2 Å². The molecular formula is C21H30IN3O3. The molecule has 0 heterocycles. The summed E-state index contributed by atoms with van der Waals surface area (Å²) < 4.78 is 15.8. The van der Waals surface area contributed by atoms with Gasteiger partial charge in [0.15, 0.2) is 17.5 Å². The first-order valence-electron chi connectivity index (χ1n) is 9.06. The maximum absolute atomic E-state index is 5.36. The third-order valence-electron chi connectivity index (χ3n) is 4.08. The Hall–Kier alpha value is -2.16. The van der Waals surface area contributed by atoms with E-state index in [0.717, 1.165) is 48.3 Å². The van der Waals surface area contributed by atoms with Crippen molar-refractivity contribution < 1.29 is 14.2 Å². The van der Waals surface area contributed by atoms with E-state index in [4.69, 9.17) is 14.2 Å².